The molecule has 1 aromatic rings. The Labute approximate surface area is 194 Å². The van der Waals surface area contributed by atoms with E-state index in [1.54, 1.807) is 6.07 Å². The van der Waals surface area contributed by atoms with Crippen LogP contribution in [0.3, 0.4) is 0 Å². The van der Waals surface area contributed by atoms with Gasteiger partial charge in [-0.3, -0.25) is 9.79 Å². The van der Waals surface area contributed by atoms with E-state index in [4.69, 9.17) is 4.99 Å². The highest BCUT2D eigenvalue weighted by Gasteiger charge is 2.06. The normalized spacial score (nSPS) is 12.6. The van der Waals surface area contributed by atoms with Crippen LogP contribution >= 0.6 is 24.0 Å². The molecule has 29 heavy (non-hydrogen) atoms. The van der Waals surface area contributed by atoms with Crippen LogP contribution in [-0.2, 0) is 6.54 Å². The van der Waals surface area contributed by atoms with E-state index < -0.39 is 0 Å². The average Bonchev–Trinajstić information content (AvgIpc) is 2.67. The maximum atomic E-state index is 11.9. The summed E-state index contributed by atoms with van der Waals surface area (Å²) < 4.78 is 1.84. The van der Waals surface area contributed by atoms with Gasteiger partial charge in [0.1, 0.15) is 0 Å². The maximum Gasteiger partial charge on any atom is 0.250 e. The van der Waals surface area contributed by atoms with Crippen molar-refractivity contribution in [1.82, 2.24) is 20.1 Å². The van der Waals surface area contributed by atoms with Crippen molar-refractivity contribution in [2.24, 2.45) is 4.99 Å². The Kier molecular flexibility index (Phi) is 16.1. The number of unbranched alkanes of at least 4 members (excludes halogenated alkanes) is 1. The smallest absolute Gasteiger partial charge is 0.250 e. The van der Waals surface area contributed by atoms with E-state index in [-0.39, 0.29) is 29.5 Å². The van der Waals surface area contributed by atoms with Crippen LogP contribution in [0, 0.1) is 6.92 Å². The van der Waals surface area contributed by atoms with Crippen molar-refractivity contribution in [3.05, 3.63) is 34.2 Å². The van der Waals surface area contributed by atoms with Gasteiger partial charge in [0.05, 0.1) is 0 Å². The van der Waals surface area contributed by atoms with Crippen molar-refractivity contribution in [3.63, 3.8) is 0 Å². The number of nitrogens with zero attached hydrogens (tertiary/aromatic N) is 3. The number of aryl methyl sites for hydroxylation is 1. The Morgan fingerprint density at radius 2 is 1.90 bits per heavy atom. The third kappa shape index (κ3) is 11.6. The monoisotopic (exact) mass is 519 g/mol. The van der Waals surface area contributed by atoms with Crippen molar-refractivity contribution >= 4 is 29.9 Å². The van der Waals surface area contributed by atoms with Crippen molar-refractivity contribution in [3.8, 4) is 0 Å². The van der Waals surface area contributed by atoms with E-state index in [0.29, 0.717) is 6.04 Å². The van der Waals surface area contributed by atoms with Gasteiger partial charge in [-0.05, 0) is 72.2 Å². The van der Waals surface area contributed by atoms with Crippen LogP contribution in [-0.4, -0.2) is 54.2 Å². The number of hydrogen-bond donors (Lipinski definition) is 2. The van der Waals surface area contributed by atoms with Gasteiger partial charge >= 0.3 is 0 Å². The zero-order chi connectivity index (χ0) is 20.8. The number of nitrogens with one attached hydrogen (secondary N) is 2. The predicted octanol–water partition coefficient (Wildman–Crippen LogP) is 3.62. The summed E-state index contributed by atoms with van der Waals surface area (Å²) in [5, 5.41) is 6.85. The molecule has 0 bridgehead atoms. The van der Waals surface area contributed by atoms with E-state index in [0.717, 1.165) is 70.2 Å². The zero-order valence-corrected chi connectivity index (χ0v) is 21.4. The number of hydrogen-bond acceptors (Lipinski definition) is 3. The van der Waals surface area contributed by atoms with Gasteiger partial charge in [0.2, 0.25) is 0 Å². The molecule has 168 valence electrons. The van der Waals surface area contributed by atoms with E-state index in [1.807, 2.05) is 23.6 Å². The largest absolute Gasteiger partial charge is 0.357 e. The van der Waals surface area contributed by atoms with Gasteiger partial charge in [0, 0.05) is 37.4 Å². The summed E-state index contributed by atoms with van der Waals surface area (Å²) in [6.45, 7) is 16.5. The number of aromatic nitrogens is 1. The van der Waals surface area contributed by atoms with Crippen LogP contribution in [0.25, 0.3) is 0 Å². The van der Waals surface area contributed by atoms with E-state index in [1.165, 1.54) is 6.42 Å². The molecule has 1 rings (SSSR count). The summed E-state index contributed by atoms with van der Waals surface area (Å²) in [5.74, 6) is 0.894. The van der Waals surface area contributed by atoms with Gasteiger partial charge in [0.25, 0.3) is 5.56 Å². The molecule has 0 radical (unpaired) electrons. The van der Waals surface area contributed by atoms with E-state index in [9.17, 15) is 4.79 Å². The Bertz CT molecular complexity index is 628. The fourth-order valence-electron chi connectivity index (χ4n) is 3.27. The highest BCUT2D eigenvalue weighted by Crippen LogP contribution is 2.01. The summed E-state index contributed by atoms with van der Waals surface area (Å²) in [7, 11) is 0. The first-order valence-corrected chi connectivity index (χ1v) is 10.9. The molecule has 0 spiro atoms. The fourth-order valence-corrected chi connectivity index (χ4v) is 3.27. The number of guanidine groups is 1. The van der Waals surface area contributed by atoms with Crippen molar-refractivity contribution in [2.45, 2.75) is 72.9 Å². The molecule has 0 saturated carbocycles. The molecular weight excluding hydrogens is 477 g/mol. The second kappa shape index (κ2) is 16.7. The molecule has 0 aliphatic carbocycles. The van der Waals surface area contributed by atoms with Crippen molar-refractivity contribution in [2.75, 3.05) is 32.7 Å². The van der Waals surface area contributed by atoms with Gasteiger partial charge < -0.3 is 20.1 Å². The molecule has 0 aromatic carbocycles. The number of rotatable bonds is 13. The molecule has 0 fully saturated rings. The highest BCUT2D eigenvalue weighted by molar-refractivity contribution is 14.0. The first-order valence-electron chi connectivity index (χ1n) is 10.9. The molecule has 7 heteroatoms. The van der Waals surface area contributed by atoms with Crippen molar-refractivity contribution < 1.29 is 0 Å². The van der Waals surface area contributed by atoms with Gasteiger partial charge in [-0.25, -0.2) is 0 Å². The van der Waals surface area contributed by atoms with Gasteiger partial charge in [-0.15, -0.1) is 24.0 Å². The third-order valence-corrected chi connectivity index (χ3v) is 5.06. The van der Waals surface area contributed by atoms with Crippen LogP contribution in [0.4, 0.5) is 0 Å². The second-order valence-electron chi connectivity index (χ2n) is 7.34. The summed E-state index contributed by atoms with van der Waals surface area (Å²) in [6, 6.07) is 5.82. The molecule has 0 aliphatic rings. The fraction of sp³-hybridized carbons (Fsp3) is 0.727. The lowest BCUT2D eigenvalue weighted by Gasteiger charge is -2.21. The molecular formula is C22H42IN5O. The van der Waals surface area contributed by atoms with Gasteiger partial charge in [-0.2, -0.15) is 0 Å². The molecule has 1 heterocycles. The highest BCUT2D eigenvalue weighted by atomic mass is 127. The minimum absolute atomic E-state index is 0. The maximum absolute atomic E-state index is 11.9. The Morgan fingerprint density at radius 1 is 1.17 bits per heavy atom. The lowest BCUT2D eigenvalue weighted by atomic mass is 10.2. The Hall–Kier alpha value is -1.09. The zero-order valence-electron chi connectivity index (χ0n) is 19.0. The molecule has 1 unspecified atom stereocenters. The van der Waals surface area contributed by atoms with Crippen molar-refractivity contribution in [1.29, 1.82) is 0 Å². The predicted molar refractivity (Wildman–Crippen MR) is 136 cm³/mol. The van der Waals surface area contributed by atoms with Crippen LogP contribution in [0.15, 0.2) is 28.0 Å². The first kappa shape index (κ1) is 27.9. The molecule has 0 aliphatic heterocycles. The quantitative estimate of drug-likeness (QED) is 0.181. The Morgan fingerprint density at radius 3 is 2.52 bits per heavy atom. The number of pyridine rings is 1. The number of halogens is 1. The molecule has 0 amide bonds. The summed E-state index contributed by atoms with van der Waals surface area (Å²) in [6.07, 6.45) is 4.25. The van der Waals surface area contributed by atoms with Crippen LogP contribution < -0.4 is 16.2 Å². The SMILES string of the molecule is CCNC(=NCCCCn1c(C)cccc1=O)NC(C)CCCN(CC)CC.I. The molecule has 0 saturated heterocycles. The van der Waals surface area contributed by atoms with Crippen LogP contribution in [0.1, 0.15) is 59.1 Å². The minimum Gasteiger partial charge on any atom is -0.357 e. The molecule has 1 aromatic heterocycles. The lowest BCUT2D eigenvalue weighted by molar-refractivity contribution is 0.292. The molecule has 6 nitrogen and oxygen atoms in total. The standard InChI is InChI=1S/C22H41N5O.HI/c1-6-23-22(25-19(4)13-12-17-26(7-2)8-3)24-16-9-10-18-27-20(5)14-11-15-21(27)28;/h11,14-15,19H,6-10,12-13,16-18H2,1-5H3,(H2,23,24,25);1H. The minimum atomic E-state index is 0. The Balaban J connectivity index is 0.00000784. The topological polar surface area (TPSA) is 61.7 Å². The van der Waals surface area contributed by atoms with Gasteiger partial charge in [-0.1, -0.05) is 19.9 Å². The number of aliphatic imine (C=N–C) groups is 1. The molecule has 2 N–H and O–H groups in total. The third-order valence-electron chi connectivity index (χ3n) is 5.06. The van der Waals surface area contributed by atoms with Crippen LogP contribution in [0.2, 0.25) is 0 Å². The summed E-state index contributed by atoms with van der Waals surface area (Å²) in [4.78, 5) is 19.1. The average molecular weight is 520 g/mol. The second-order valence-corrected chi connectivity index (χ2v) is 7.34. The lowest BCUT2D eigenvalue weighted by Crippen LogP contribution is -2.42. The summed E-state index contributed by atoms with van der Waals surface area (Å²) in [5.41, 5.74) is 1.10. The van der Waals surface area contributed by atoms with Gasteiger partial charge in [0.15, 0.2) is 5.96 Å². The molecule has 1 atom stereocenters. The van der Waals surface area contributed by atoms with E-state index in [2.05, 4.69) is 43.2 Å². The first-order chi connectivity index (χ1) is 13.5. The summed E-state index contributed by atoms with van der Waals surface area (Å²) >= 11 is 0. The van der Waals surface area contributed by atoms with E-state index >= 15 is 0 Å². The van der Waals surface area contributed by atoms with Crippen LogP contribution in [0.5, 0.6) is 0 Å².